The normalized spacial score (nSPS) is 12.2. The molecule has 2 rings (SSSR count). The van der Waals surface area contributed by atoms with Crippen LogP contribution in [0.2, 0.25) is 5.02 Å². The Morgan fingerprint density at radius 2 is 2.00 bits per heavy atom. The Bertz CT molecular complexity index is 586. The first-order valence-electron chi connectivity index (χ1n) is 6.45. The number of benzene rings is 2. The molecule has 0 aliphatic carbocycles. The third-order valence-corrected chi connectivity index (χ3v) is 3.02. The summed E-state index contributed by atoms with van der Waals surface area (Å²) in [5.41, 5.74) is 7.50. The van der Waals surface area contributed by atoms with Crippen molar-refractivity contribution in [2.24, 2.45) is 5.73 Å². The Balaban J connectivity index is 2.07. The number of ether oxygens (including phenoxy) is 1. The van der Waals surface area contributed by atoms with E-state index >= 15 is 0 Å². The van der Waals surface area contributed by atoms with Crippen LogP contribution in [0.15, 0.2) is 42.5 Å². The van der Waals surface area contributed by atoms with Crippen LogP contribution in [0.4, 0.5) is 4.39 Å². The molecule has 2 aromatic carbocycles. The monoisotopic (exact) mass is 293 g/mol. The lowest BCUT2D eigenvalue weighted by Crippen LogP contribution is -2.17. The van der Waals surface area contributed by atoms with Gasteiger partial charge in [-0.2, -0.15) is 0 Å². The van der Waals surface area contributed by atoms with E-state index in [1.54, 1.807) is 6.07 Å². The zero-order chi connectivity index (χ0) is 14.5. The molecule has 0 saturated heterocycles. The highest BCUT2D eigenvalue weighted by molar-refractivity contribution is 6.30. The first kappa shape index (κ1) is 14.8. The standard InChI is InChI=1S/C16H17ClFNO/c1-11(19)5-13-7-15(18)9-16(8-13)20-10-12-3-2-4-14(17)6-12/h2-4,6-9,11H,5,10,19H2,1H3. The van der Waals surface area contributed by atoms with E-state index in [1.165, 1.54) is 12.1 Å². The van der Waals surface area contributed by atoms with Crippen LogP contribution < -0.4 is 10.5 Å². The quantitative estimate of drug-likeness (QED) is 0.906. The van der Waals surface area contributed by atoms with E-state index in [2.05, 4.69) is 0 Å². The average Bonchev–Trinajstić information content (AvgIpc) is 2.35. The topological polar surface area (TPSA) is 35.2 Å². The fraction of sp³-hybridized carbons (Fsp3) is 0.250. The molecule has 0 spiro atoms. The molecule has 0 aliphatic heterocycles. The summed E-state index contributed by atoms with van der Waals surface area (Å²) in [6.45, 7) is 2.24. The summed E-state index contributed by atoms with van der Waals surface area (Å²) in [6, 6.07) is 12.0. The summed E-state index contributed by atoms with van der Waals surface area (Å²) in [4.78, 5) is 0. The third-order valence-electron chi connectivity index (χ3n) is 2.78. The Morgan fingerprint density at radius 3 is 2.70 bits per heavy atom. The SMILES string of the molecule is CC(N)Cc1cc(F)cc(OCc2cccc(Cl)c2)c1. The number of hydrogen-bond acceptors (Lipinski definition) is 2. The van der Waals surface area contributed by atoms with Crippen molar-refractivity contribution in [1.82, 2.24) is 0 Å². The Kier molecular flexibility index (Phi) is 4.99. The van der Waals surface area contributed by atoms with Crippen LogP contribution in [0.1, 0.15) is 18.1 Å². The number of hydrogen-bond donors (Lipinski definition) is 1. The molecule has 1 atom stereocenters. The molecule has 106 valence electrons. The molecule has 0 saturated carbocycles. The highest BCUT2D eigenvalue weighted by Gasteiger charge is 2.05. The average molecular weight is 294 g/mol. The van der Waals surface area contributed by atoms with Gasteiger partial charge in [-0.25, -0.2) is 4.39 Å². The highest BCUT2D eigenvalue weighted by atomic mass is 35.5. The van der Waals surface area contributed by atoms with Gasteiger partial charge < -0.3 is 10.5 Å². The number of nitrogens with two attached hydrogens (primary N) is 1. The van der Waals surface area contributed by atoms with Gasteiger partial charge in [0.05, 0.1) is 0 Å². The fourth-order valence-corrected chi connectivity index (χ4v) is 2.20. The van der Waals surface area contributed by atoms with Gasteiger partial charge in [0.1, 0.15) is 18.2 Å². The van der Waals surface area contributed by atoms with Crippen LogP contribution in [0.5, 0.6) is 5.75 Å². The van der Waals surface area contributed by atoms with Crippen LogP contribution >= 0.6 is 11.6 Å². The van der Waals surface area contributed by atoms with Gasteiger partial charge in [0.25, 0.3) is 0 Å². The van der Waals surface area contributed by atoms with Gasteiger partial charge in [-0.15, -0.1) is 0 Å². The predicted octanol–water partition coefficient (Wildman–Crippen LogP) is 3.95. The third kappa shape index (κ3) is 4.51. The number of rotatable bonds is 5. The molecule has 0 aromatic heterocycles. The first-order chi connectivity index (χ1) is 9.52. The summed E-state index contributed by atoms with van der Waals surface area (Å²) < 4.78 is 19.1. The lowest BCUT2D eigenvalue weighted by atomic mass is 10.1. The molecule has 0 bridgehead atoms. The summed E-state index contributed by atoms with van der Waals surface area (Å²) in [6.07, 6.45) is 0.616. The summed E-state index contributed by atoms with van der Waals surface area (Å²) in [5, 5.41) is 0.656. The minimum absolute atomic E-state index is 0.0161. The van der Waals surface area contributed by atoms with Gasteiger partial charge in [-0.05, 0) is 48.7 Å². The second kappa shape index (κ2) is 6.73. The molecule has 0 fully saturated rings. The second-order valence-corrected chi connectivity index (χ2v) is 5.33. The molecule has 2 aromatic rings. The van der Waals surface area contributed by atoms with Crippen molar-refractivity contribution in [1.29, 1.82) is 0 Å². The van der Waals surface area contributed by atoms with Crippen molar-refractivity contribution in [3.8, 4) is 5.75 Å². The molecule has 2 nitrogen and oxygen atoms in total. The summed E-state index contributed by atoms with van der Waals surface area (Å²) in [5.74, 6) is 0.185. The summed E-state index contributed by atoms with van der Waals surface area (Å²) >= 11 is 5.90. The van der Waals surface area contributed by atoms with Crippen molar-refractivity contribution in [2.75, 3.05) is 0 Å². The molecular weight excluding hydrogens is 277 g/mol. The molecule has 2 N–H and O–H groups in total. The maximum atomic E-state index is 13.5. The van der Waals surface area contributed by atoms with Gasteiger partial charge in [0.15, 0.2) is 0 Å². The number of halogens is 2. The Labute approximate surface area is 123 Å². The van der Waals surface area contributed by atoms with Crippen LogP contribution in [-0.2, 0) is 13.0 Å². The van der Waals surface area contributed by atoms with E-state index in [0.29, 0.717) is 23.8 Å². The largest absolute Gasteiger partial charge is 0.489 e. The maximum absolute atomic E-state index is 13.5. The lowest BCUT2D eigenvalue weighted by molar-refractivity contribution is 0.304. The minimum Gasteiger partial charge on any atom is -0.489 e. The van der Waals surface area contributed by atoms with Gasteiger partial charge in [-0.1, -0.05) is 23.7 Å². The fourth-order valence-electron chi connectivity index (χ4n) is 1.99. The molecule has 4 heteroatoms. The van der Waals surface area contributed by atoms with Gasteiger partial charge in [0.2, 0.25) is 0 Å². The van der Waals surface area contributed by atoms with E-state index < -0.39 is 0 Å². The first-order valence-corrected chi connectivity index (χ1v) is 6.83. The van der Waals surface area contributed by atoms with Crippen molar-refractivity contribution < 1.29 is 9.13 Å². The summed E-state index contributed by atoms with van der Waals surface area (Å²) in [7, 11) is 0. The molecule has 0 radical (unpaired) electrons. The van der Waals surface area contributed by atoms with Crippen molar-refractivity contribution in [3.63, 3.8) is 0 Å². The van der Waals surface area contributed by atoms with Crippen molar-refractivity contribution >= 4 is 11.6 Å². The maximum Gasteiger partial charge on any atom is 0.127 e. The molecule has 0 aliphatic rings. The van der Waals surface area contributed by atoms with Crippen LogP contribution in [0.3, 0.4) is 0 Å². The molecule has 20 heavy (non-hydrogen) atoms. The zero-order valence-corrected chi connectivity index (χ0v) is 12.0. The molecule has 0 heterocycles. The Morgan fingerprint density at radius 1 is 1.20 bits per heavy atom. The van der Waals surface area contributed by atoms with Crippen molar-refractivity contribution in [3.05, 3.63) is 64.4 Å². The van der Waals surface area contributed by atoms with Crippen LogP contribution in [0.25, 0.3) is 0 Å². The van der Waals surface area contributed by atoms with E-state index in [0.717, 1.165) is 11.1 Å². The van der Waals surface area contributed by atoms with Gasteiger partial charge in [0, 0.05) is 17.1 Å². The van der Waals surface area contributed by atoms with E-state index in [4.69, 9.17) is 22.1 Å². The van der Waals surface area contributed by atoms with Crippen LogP contribution in [-0.4, -0.2) is 6.04 Å². The molecular formula is C16H17ClFNO. The highest BCUT2D eigenvalue weighted by Crippen LogP contribution is 2.19. The molecule has 1 unspecified atom stereocenters. The van der Waals surface area contributed by atoms with E-state index in [1.807, 2.05) is 31.2 Å². The van der Waals surface area contributed by atoms with Gasteiger partial charge in [-0.3, -0.25) is 0 Å². The smallest absolute Gasteiger partial charge is 0.127 e. The second-order valence-electron chi connectivity index (χ2n) is 4.90. The van der Waals surface area contributed by atoms with Crippen molar-refractivity contribution in [2.45, 2.75) is 26.0 Å². The van der Waals surface area contributed by atoms with E-state index in [-0.39, 0.29) is 11.9 Å². The van der Waals surface area contributed by atoms with Gasteiger partial charge >= 0.3 is 0 Å². The Hall–Kier alpha value is -1.58. The predicted molar refractivity (Wildman–Crippen MR) is 79.5 cm³/mol. The zero-order valence-electron chi connectivity index (χ0n) is 11.3. The van der Waals surface area contributed by atoms with E-state index in [9.17, 15) is 4.39 Å². The lowest BCUT2D eigenvalue weighted by Gasteiger charge is -2.10. The molecule has 0 amide bonds. The minimum atomic E-state index is -0.316. The van der Waals surface area contributed by atoms with Crippen LogP contribution in [0, 0.1) is 5.82 Å².